The largest absolute Gasteiger partial charge is 0.477 e. The number of aromatic carboxylic acids is 1. The molecule has 0 aliphatic heterocycles. The van der Waals surface area contributed by atoms with Crippen LogP contribution >= 0.6 is 44.4 Å². The molecule has 0 bridgehead atoms. The standard InChI is InChI=1S/C9H7IN2O5S2/c10-4-8(13)11-19-18-5-1-2-7(12(16)17)6(3-5)9(14)15/h1-3H,4H2,(H,11,13)(H,14,15). The maximum atomic E-state index is 11.0. The Balaban J connectivity index is 2.81. The van der Waals surface area contributed by atoms with Gasteiger partial charge in [-0.1, -0.05) is 22.6 Å². The molecule has 1 aromatic carbocycles. The number of carbonyl (C=O) groups is 2. The molecular formula is C9H7IN2O5S2. The van der Waals surface area contributed by atoms with Crippen molar-refractivity contribution in [3.05, 3.63) is 33.9 Å². The Morgan fingerprint density at radius 3 is 2.68 bits per heavy atom. The van der Waals surface area contributed by atoms with Crippen LogP contribution in [0, 0.1) is 10.1 Å². The van der Waals surface area contributed by atoms with E-state index in [2.05, 4.69) is 4.72 Å². The second kappa shape index (κ2) is 7.55. The highest BCUT2D eigenvalue weighted by Crippen LogP contribution is 2.32. The number of rotatable bonds is 6. The van der Waals surface area contributed by atoms with E-state index >= 15 is 0 Å². The molecule has 7 nitrogen and oxygen atoms in total. The van der Waals surface area contributed by atoms with E-state index in [4.69, 9.17) is 5.11 Å². The Labute approximate surface area is 129 Å². The monoisotopic (exact) mass is 414 g/mol. The highest BCUT2D eigenvalue weighted by molar-refractivity contribution is 14.1. The first-order chi connectivity index (χ1) is 8.95. The van der Waals surface area contributed by atoms with Gasteiger partial charge in [0.2, 0.25) is 5.91 Å². The molecule has 0 heterocycles. The zero-order valence-corrected chi connectivity index (χ0v) is 13.0. The van der Waals surface area contributed by atoms with Crippen LogP contribution in [0.4, 0.5) is 5.69 Å². The van der Waals surface area contributed by atoms with E-state index in [0.29, 0.717) is 9.32 Å². The van der Waals surface area contributed by atoms with Crippen LogP contribution in [-0.4, -0.2) is 26.3 Å². The molecule has 0 unspecified atom stereocenters. The summed E-state index contributed by atoms with van der Waals surface area (Å²) in [4.78, 5) is 32.3. The fraction of sp³-hybridized carbons (Fsp3) is 0.111. The number of nitro benzene ring substituents is 1. The van der Waals surface area contributed by atoms with Crippen LogP contribution in [0.15, 0.2) is 23.1 Å². The Kier molecular flexibility index (Phi) is 6.37. The van der Waals surface area contributed by atoms with Gasteiger partial charge in [-0.2, -0.15) is 0 Å². The molecule has 0 aromatic heterocycles. The van der Waals surface area contributed by atoms with Gasteiger partial charge >= 0.3 is 5.97 Å². The van der Waals surface area contributed by atoms with Crippen molar-refractivity contribution in [3.63, 3.8) is 0 Å². The van der Waals surface area contributed by atoms with E-state index < -0.39 is 16.6 Å². The first-order valence-corrected chi connectivity index (χ1v) is 8.33. The number of nitrogens with one attached hydrogen (secondary N) is 1. The molecule has 10 heteroatoms. The molecule has 0 spiro atoms. The summed E-state index contributed by atoms with van der Waals surface area (Å²) in [6, 6.07) is 3.76. The Morgan fingerprint density at radius 2 is 2.16 bits per heavy atom. The molecule has 0 radical (unpaired) electrons. The molecular weight excluding hydrogens is 407 g/mol. The number of benzene rings is 1. The fourth-order valence-corrected chi connectivity index (χ4v) is 3.09. The number of carboxylic acid groups (broad SMARTS) is 1. The molecule has 19 heavy (non-hydrogen) atoms. The quantitative estimate of drug-likeness (QED) is 0.184. The number of nitrogens with zero attached hydrogens (tertiary/aromatic N) is 1. The lowest BCUT2D eigenvalue weighted by molar-refractivity contribution is -0.385. The van der Waals surface area contributed by atoms with Crippen molar-refractivity contribution in [1.29, 1.82) is 0 Å². The van der Waals surface area contributed by atoms with Gasteiger partial charge in [0.05, 0.1) is 9.35 Å². The fourth-order valence-electron chi connectivity index (χ4n) is 1.04. The van der Waals surface area contributed by atoms with Gasteiger partial charge in [-0.15, -0.1) is 0 Å². The van der Waals surface area contributed by atoms with E-state index in [1.807, 2.05) is 22.6 Å². The number of carboxylic acids is 1. The molecule has 1 aromatic rings. The molecule has 0 atom stereocenters. The average molecular weight is 414 g/mol. The van der Waals surface area contributed by atoms with Crippen molar-refractivity contribution in [2.75, 3.05) is 4.43 Å². The van der Waals surface area contributed by atoms with Gasteiger partial charge in [-0.3, -0.25) is 19.6 Å². The number of alkyl halides is 1. The summed E-state index contributed by atoms with van der Waals surface area (Å²) in [5, 5.41) is 19.6. The van der Waals surface area contributed by atoms with Gasteiger partial charge in [-0.25, -0.2) is 4.79 Å². The lowest BCUT2D eigenvalue weighted by atomic mass is 10.2. The van der Waals surface area contributed by atoms with Gasteiger partial charge in [0.15, 0.2) is 0 Å². The van der Waals surface area contributed by atoms with Crippen molar-refractivity contribution < 1.29 is 19.6 Å². The van der Waals surface area contributed by atoms with Crippen LogP contribution in [0.2, 0.25) is 0 Å². The van der Waals surface area contributed by atoms with Crippen LogP contribution in [0.3, 0.4) is 0 Å². The molecule has 2 N–H and O–H groups in total. The number of amides is 1. The lowest BCUT2D eigenvalue weighted by Crippen LogP contribution is -2.14. The normalized spacial score (nSPS) is 9.95. The van der Waals surface area contributed by atoms with Crippen LogP contribution in [0.5, 0.6) is 0 Å². The first kappa shape index (κ1) is 16.0. The van der Waals surface area contributed by atoms with Crippen molar-refractivity contribution in [1.82, 2.24) is 4.72 Å². The third-order valence-electron chi connectivity index (χ3n) is 1.81. The van der Waals surface area contributed by atoms with Gasteiger partial charge in [0.25, 0.3) is 5.69 Å². The van der Waals surface area contributed by atoms with Crippen molar-refractivity contribution in [2.24, 2.45) is 0 Å². The zero-order valence-electron chi connectivity index (χ0n) is 9.16. The van der Waals surface area contributed by atoms with E-state index in [9.17, 15) is 19.7 Å². The lowest BCUT2D eigenvalue weighted by Gasteiger charge is -2.03. The molecule has 0 fully saturated rings. The summed E-state index contributed by atoms with van der Waals surface area (Å²) in [5.41, 5.74) is -0.839. The number of nitro groups is 1. The van der Waals surface area contributed by atoms with E-state index in [0.717, 1.165) is 27.8 Å². The summed E-state index contributed by atoms with van der Waals surface area (Å²) in [6.45, 7) is 0. The summed E-state index contributed by atoms with van der Waals surface area (Å²) in [7, 11) is 2.13. The molecule has 1 amide bonds. The minimum Gasteiger partial charge on any atom is -0.477 e. The molecule has 0 aliphatic rings. The molecule has 1 rings (SSSR count). The molecule has 0 aliphatic carbocycles. The zero-order chi connectivity index (χ0) is 14.4. The molecule has 102 valence electrons. The van der Waals surface area contributed by atoms with Crippen LogP contribution in [-0.2, 0) is 4.79 Å². The van der Waals surface area contributed by atoms with Crippen molar-refractivity contribution in [3.8, 4) is 0 Å². The summed E-state index contributed by atoms with van der Waals surface area (Å²) in [5.74, 6) is -1.53. The number of hydrogen-bond acceptors (Lipinski definition) is 6. The highest BCUT2D eigenvalue weighted by atomic mass is 127. The number of hydrogen-bond donors (Lipinski definition) is 2. The first-order valence-electron chi connectivity index (χ1n) is 4.65. The van der Waals surface area contributed by atoms with Crippen molar-refractivity contribution in [2.45, 2.75) is 4.90 Å². The maximum Gasteiger partial charge on any atom is 0.342 e. The van der Waals surface area contributed by atoms with Gasteiger partial charge < -0.3 is 5.11 Å². The predicted octanol–water partition coefficient (Wildman–Crippen LogP) is 2.50. The van der Waals surface area contributed by atoms with Crippen LogP contribution in [0.25, 0.3) is 0 Å². The number of halogens is 1. The third-order valence-corrected chi connectivity index (χ3v) is 4.42. The van der Waals surface area contributed by atoms with E-state index in [1.54, 1.807) is 0 Å². The summed E-state index contributed by atoms with van der Waals surface area (Å²) >= 11 is 1.91. The average Bonchev–Trinajstić information content (AvgIpc) is 2.38. The maximum absolute atomic E-state index is 11.0. The van der Waals surface area contributed by atoms with Crippen LogP contribution in [0.1, 0.15) is 10.4 Å². The van der Waals surface area contributed by atoms with Gasteiger partial charge in [0.1, 0.15) is 5.56 Å². The summed E-state index contributed by atoms with van der Waals surface area (Å²) in [6.07, 6.45) is 0. The van der Waals surface area contributed by atoms with E-state index in [-0.39, 0.29) is 11.5 Å². The van der Waals surface area contributed by atoms with Gasteiger partial charge in [-0.05, 0) is 22.9 Å². The Bertz CT molecular complexity index is 525. The topological polar surface area (TPSA) is 110 Å². The number of carbonyl (C=O) groups excluding carboxylic acids is 1. The third kappa shape index (κ3) is 4.87. The Hall–Kier alpha value is -1.01. The van der Waals surface area contributed by atoms with Crippen LogP contribution < -0.4 is 4.72 Å². The minimum absolute atomic E-state index is 0.168. The molecule has 0 saturated carbocycles. The molecule has 0 saturated heterocycles. The second-order valence-corrected chi connectivity index (χ2v) is 5.84. The minimum atomic E-state index is -1.37. The summed E-state index contributed by atoms with van der Waals surface area (Å²) < 4.78 is 2.83. The van der Waals surface area contributed by atoms with Gasteiger partial charge in [0, 0.05) is 21.9 Å². The second-order valence-electron chi connectivity index (χ2n) is 3.07. The van der Waals surface area contributed by atoms with Crippen molar-refractivity contribution >= 4 is 61.9 Å². The predicted molar refractivity (Wildman–Crippen MR) is 80.5 cm³/mol. The Morgan fingerprint density at radius 1 is 1.47 bits per heavy atom. The highest BCUT2D eigenvalue weighted by Gasteiger charge is 2.20. The smallest absolute Gasteiger partial charge is 0.342 e. The SMILES string of the molecule is O=C(CI)NSSc1ccc([N+](=O)[O-])c(C(=O)O)c1. The van der Waals surface area contributed by atoms with E-state index in [1.165, 1.54) is 12.1 Å².